The number of hydroxylamine groups is 1. The van der Waals surface area contributed by atoms with Crippen molar-refractivity contribution in [3.05, 3.63) is 20.8 Å². The second-order valence-corrected chi connectivity index (χ2v) is 5.23. The van der Waals surface area contributed by atoms with Gasteiger partial charge in [-0.05, 0) is 35.0 Å². The quantitative estimate of drug-likeness (QED) is 0.804. The van der Waals surface area contributed by atoms with Crippen LogP contribution < -0.4 is 11.2 Å². The predicted molar refractivity (Wildman–Crippen MR) is 58.7 cm³/mol. The summed E-state index contributed by atoms with van der Waals surface area (Å²) < 4.78 is 1.07. The molecule has 1 rings (SSSR count). The van der Waals surface area contributed by atoms with Crippen molar-refractivity contribution in [1.82, 2.24) is 5.48 Å². The minimum absolute atomic E-state index is 0.0469. The van der Waals surface area contributed by atoms with Gasteiger partial charge in [-0.15, -0.1) is 11.3 Å². The zero-order valence-electron chi connectivity index (χ0n) is 7.62. The van der Waals surface area contributed by atoms with Gasteiger partial charge in [0.25, 0.3) is 0 Å². The van der Waals surface area contributed by atoms with Gasteiger partial charge in [-0.3, -0.25) is 9.63 Å². The Bertz CT molecular complexity index is 316. The van der Waals surface area contributed by atoms with Crippen molar-refractivity contribution < 1.29 is 9.63 Å². The predicted octanol–water partition coefficient (Wildman–Crippen LogP) is 1.58. The molecule has 0 spiro atoms. The Hall–Kier alpha value is -0.430. The third kappa shape index (κ3) is 3.75. The van der Waals surface area contributed by atoms with E-state index in [0.717, 1.165) is 8.66 Å². The highest BCUT2D eigenvalue weighted by Crippen LogP contribution is 2.26. The molecule has 3 N–H and O–H groups in total. The molecule has 1 amide bonds. The molecule has 1 atom stereocenters. The van der Waals surface area contributed by atoms with Crippen LogP contribution in [-0.4, -0.2) is 12.5 Å². The molecule has 0 aliphatic carbocycles. The van der Waals surface area contributed by atoms with E-state index in [1.54, 1.807) is 11.3 Å². The summed E-state index contributed by atoms with van der Waals surface area (Å²) >= 11 is 4.98. The van der Waals surface area contributed by atoms with E-state index >= 15 is 0 Å². The first-order valence-electron chi connectivity index (χ1n) is 4.00. The molecule has 14 heavy (non-hydrogen) atoms. The van der Waals surface area contributed by atoms with Crippen molar-refractivity contribution in [3.8, 4) is 0 Å². The van der Waals surface area contributed by atoms with Crippen molar-refractivity contribution in [2.24, 2.45) is 5.73 Å². The number of nitrogens with two attached hydrogens (primary N) is 1. The summed E-state index contributed by atoms with van der Waals surface area (Å²) in [5, 5.41) is 0. The second-order valence-electron chi connectivity index (χ2n) is 2.74. The smallest absolute Gasteiger partial charge is 0.245 e. The van der Waals surface area contributed by atoms with Gasteiger partial charge in [0.05, 0.1) is 9.83 Å². The van der Waals surface area contributed by atoms with E-state index in [0.29, 0.717) is 0 Å². The molecular formula is C8H11BrN2O2S. The molecule has 0 aliphatic heterocycles. The van der Waals surface area contributed by atoms with Gasteiger partial charge in [0, 0.05) is 4.88 Å². The Balaban J connectivity index is 2.35. The Morgan fingerprint density at radius 1 is 1.79 bits per heavy atom. The van der Waals surface area contributed by atoms with E-state index in [-0.39, 0.29) is 12.6 Å². The maximum absolute atomic E-state index is 10.4. The number of hydrogen-bond acceptors (Lipinski definition) is 4. The van der Waals surface area contributed by atoms with Crippen molar-refractivity contribution in [2.45, 2.75) is 13.0 Å². The second kappa shape index (κ2) is 5.45. The van der Waals surface area contributed by atoms with E-state index in [1.165, 1.54) is 0 Å². The lowest BCUT2D eigenvalue weighted by Gasteiger charge is -2.10. The number of amides is 1. The fourth-order valence-electron chi connectivity index (χ4n) is 0.857. The van der Waals surface area contributed by atoms with Crippen LogP contribution in [-0.2, 0) is 9.63 Å². The van der Waals surface area contributed by atoms with Crippen molar-refractivity contribution in [1.29, 1.82) is 0 Å². The summed E-state index contributed by atoms with van der Waals surface area (Å²) in [6.45, 7) is 1.83. The van der Waals surface area contributed by atoms with Crippen molar-refractivity contribution in [3.63, 3.8) is 0 Å². The summed E-state index contributed by atoms with van der Waals surface area (Å²) in [7, 11) is 0. The molecule has 78 valence electrons. The number of nitrogens with one attached hydrogen (secondary N) is 1. The summed E-state index contributed by atoms with van der Waals surface area (Å²) in [5.74, 6) is -0.489. The third-order valence-electron chi connectivity index (χ3n) is 1.50. The first kappa shape index (κ1) is 11.6. The zero-order chi connectivity index (χ0) is 10.6. The summed E-state index contributed by atoms with van der Waals surface area (Å²) in [6.07, 6.45) is 0. The Morgan fingerprint density at radius 3 is 3.00 bits per heavy atom. The number of rotatable bonds is 5. The maximum atomic E-state index is 10.4. The van der Waals surface area contributed by atoms with Gasteiger partial charge < -0.3 is 5.73 Å². The van der Waals surface area contributed by atoms with Crippen LogP contribution in [0.3, 0.4) is 0 Å². The van der Waals surface area contributed by atoms with E-state index in [9.17, 15) is 4.79 Å². The van der Waals surface area contributed by atoms with Crippen LogP contribution in [0.1, 0.15) is 17.8 Å². The Morgan fingerprint density at radius 2 is 2.50 bits per heavy atom. The molecule has 0 saturated carbocycles. The van der Waals surface area contributed by atoms with Gasteiger partial charge in [-0.2, -0.15) is 5.48 Å². The van der Waals surface area contributed by atoms with Crippen LogP contribution in [0.25, 0.3) is 0 Å². The molecule has 4 nitrogen and oxygen atoms in total. The number of carbonyl (C=O) groups excluding carboxylic acids is 1. The maximum Gasteiger partial charge on any atom is 0.245 e. The van der Waals surface area contributed by atoms with Crippen LogP contribution in [0, 0.1) is 0 Å². The van der Waals surface area contributed by atoms with Gasteiger partial charge in [-0.1, -0.05) is 0 Å². The van der Waals surface area contributed by atoms with E-state index in [2.05, 4.69) is 21.4 Å². The molecule has 1 unspecified atom stereocenters. The number of halogens is 1. The fourth-order valence-corrected chi connectivity index (χ4v) is 2.27. The molecule has 0 fully saturated rings. The van der Waals surface area contributed by atoms with Gasteiger partial charge in [0.2, 0.25) is 5.91 Å². The average molecular weight is 279 g/mol. The standard InChI is InChI=1S/C8H11BrN2O2S/c1-5(11-13-4-8(10)12)6-2-3-7(9)14-6/h2-3,5,11H,4H2,1H3,(H2,10,12). The molecule has 0 aliphatic rings. The van der Waals surface area contributed by atoms with Gasteiger partial charge in [0.15, 0.2) is 0 Å². The van der Waals surface area contributed by atoms with Crippen LogP contribution in [0.5, 0.6) is 0 Å². The first-order valence-corrected chi connectivity index (χ1v) is 5.61. The van der Waals surface area contributed by atoms with Gasteiger partial charge >= 0.3 is 0 Å². The monoisotopic (exact) mass is 278 g/mol. The Labute approximate surface area is 94.5 Å². The summed E-state index contributed by atoms with van der Waals surface area (Å²) in [4.78, 5) is 16.4. The largest absolute Gasteiger partial charge is 0.368 e. The summed E-state index contributed by atoms with van der Waals surface area (Å²) in [6, 6.07) is 4.00. The molecule has 0 saturated heterocycles. The minimum Gasteiger partial charge on any atom is -0.368 e. The minimum atomic E-state index is -0.489. The van der Waals surface area contributed by atoms with Crippen LogP contribution in [0.15, 0.2) is 15.9 Å². The highest BCUT2D eigenvalue weighted by molar-refractivity contribution is 9.11. The molecule has 0 radical (unpaired) electrons. The van der Waals surface area contributed by atoms with Gasteiger partial charge in [0.1, 0.15) is 6.61 Å². The summed E-state index contributed by atoms with van der Waals surface area (Å²) in [5.41, 5.74) is 7.64. The lowest BCUT2D eigenvalue weighted by molar-refractivity contribution is -0.125. The molecular weight excluding hydrogens is 268 g/mol. The van der Waals surface area contributed by atoms with Crippen LogP contribution >= 0.6 is 27.3 Å². The number of thiophene rings is 1. The van der Waals surface area contributed by atoms with E-state index in [1.807, 2.05) is 19.1 Å². The molecule has 0 bridgehead atoms. The highest BCUT2D eigenvalue weighted by atomic mass is 79.9. The van der Waals surface area contributed by atoms with E-state index in [4.69, 9.17) is 10.6 Å². The lowest BCUT2D eigenvalue weighted by atomic mass is 10.3. The SMILES string of the molecule is CC(NOCC(N)=O)c1ccc(Br)s1. The highest BCUT2D eigenvalue weighted by Gasteiger charge is 2.07. The van der Waals surface area contributed by atoms with Crippen LogP contribution in [0.2, 0.25) is 0 Å². The molecule has 1 aromatic rings. The lowest BCUT2D eigenvalue weighted by Crippen LogP contribution is -2.26. The number of hydrogen-bond donors (Lipinski definition) is 2. The molecule has 0 aromatic carbocycles. The average Bonchev–Trinajstić information content (AvgIpc) is 2.51. The number of primary amides is 1. The molecule has 1 aromatic heterocycles. The zero-order valence-corrected chi connectivity index (χ0v) is 10.0. The third-order valence-corrected chi connectivity index (χ3v) is 3.30. The van der Waals surface area contributed by atoms with E-state index < -0.39 is 5.91 Å². The van der Waals surface area contributed by atoms with Gasteiger partial charge in [-0.25, -0.2) is 0 Å². The number of carbonyl (C=O) groups is 1. The van der Waals surface area contributed by atoms with Crippen molar-refractivity contribution >= 4 is 33.2 Å². The van der Waals surface area contributed by atoms with Crippen LogP contribution in [0.4, 0.5) is 0 Å². The topological polar surface area (TPSA) is 64.3 Å². The fraction of sp³-hybridized carbons (Fsp3) is 0.375. The Kier molecular flexibility index (Phi) is 4.53. The van der Waals surface area contributed by atoms with Crippen molar-refractivity contribution in [2.75, 3.05) is 6.61 Å². The molecule has 1 heterocycles. The normalized spacial score (nSPS) is 12.7. The molecule has 6 heteroatoms. The first-order chi connectivity index (χ1) is 6.59.